The van der Waals surface area contributed by atoms with E-state index in [4.69, 9.17) is 10.00 Å². The van der Waals surface area contributed by atoms with Crippen LogP contribution in [-0.2, 0) is 6.54 Å². The van der Waals surface area contributed by atoms with Gasteiger partial charge in [0.15, 0.2) is 6.61 Å². The quantitative estimate of drug-likeness (QED) is 0.907. The molecule has 102 valence electrons. The van der Waals surface area contributed by atoms with Crippen molar-refractivity contribution in [3.63, 3.8) is 0 Å². The summed E-state index contributed by atoms with van der Waals surface area (Å²) in [5, 5.41) is 11.1. The number of nitriles is 1. The smallest absolute Gasteiger partial charge is 0.174 e. The van der Waals surface area contributed by atoms with Crippen molar-refractivity contribution < 1.29 is 13.5 Å². The molecule has 0 aromatic heterocycles. The number of nitrogens with zero attached hydrogens (tertiary/aromatic N) is 1. The van der Waals surface area contributed by atoms with E-state index < -0.39 is 11.6 Å². The van der Waals surface area contributed by atoms with E-state index in [0.717, 1.165) is 5.56 Å². The fourth-order valence-electron chi connectivity index (χ4n) is 1.68. The van der Waals surface area contributed by atoms with E-state index in [1.165, 1.54) is 18.2 Å². The molecule has 0 aliphatic rings. The highest BCUT2D eigenvalue weighted by Gasteiger charge is 2.07. The van der Waals surface area contributed by atoms with Crippen LogP contribution in [0.5, 0.6) is 5.75 Å². The molecule has 3 nitrogen and oxygen atoms in total. The van der Waals surface area contributed by atoms with Crippen molar-refractivity contribution in [3.05, 3.63) is 59.7 Å². The normalized spacial score (nSPS) is 9.85. The van der Waals surface area contributed by atoms with Gasteiger partial charge in [-0.15, -0.1) is 0 Å². The first kappa shape index (κ1) is 13.8. The summed E-state index contributed by atoms with van der Waals surface area (Å²) in [4.78, 5) is 0. The number of anilines is 1. The predicted molar refractivity (Wildman–Crippen MR) is 71.2 cm³/mol. The van der Waals surface area contributed by atoms with Crippen molar-refractivity contribution in [1.29, 1.82) is 5.26 Å². The molecule has 0 radical (unpaired) electrons. The topological polar surface area (TPSA) is 45.0 Å². The molecule has 0 unspecified atom stereocenters. The molecule has 2 aromatic rings. The molecule has 1 N–H and O–H groups in total. The molecule has 0 amide bonds. The molecule has 5 heteroatoms. The zero-order valence-electron chi connectivity index (χ0n) is 10.6. The van der Waals surface area contributed by atoms with Crippen LogP contribution in [0.3, 0.4) is 0 Å². The van der Waals surface area contributed by atoms with Crippen molar-refractivity contribution in [2.24, 2.45) is 0 Å². The molecule has 2 rings (SSSR count). The van der Waals surface area contributed by atoms with E-state index in [2.05, 4.69) is 5.32 Å². The summed E-state index contributed by atoms with van der Waals surface area (Å²) in [5.74, 6) is -0.676. The fraction of sp³-hybridized carbons (Fsp3) is 0.133. The molecule has 0 spiro atoms. The average Bonchev–Trinajstić information content (AvgIpc) is 2.46. The Balaban J connectivity index is 1.99. The van der Waals surface area contributed by atoms with Gasteiger partial charge in [-0.25, -0.2) is 8.78 Å². The molecule has 0 saturated heterocycles. The van der Waals surface area contributed by atoms with Gasteiger partial charge in [0.25, 0.3) is 0 Å². The van der Waals surface area contributed by atoms with Gasteiger partial charge in [0.2, 0.25) is 0 Å². The van der Waals surface area contributed by atoms with Crippen LogP contribution in [0.2, 0.25) is 0 Å². The summed E-state index contributed by atoms with van der Waals surface area (Å²) in [6.45, 7) is 0.272. The van der Waals surface area contributed by atoms with Crippen LogP contribution in [0, 0.1) is 23.0 Å². The standard InChI is InChI=1S/C15H12F2N2O/c16-13-2-1-3-14(17)15(13)19-10-11-4-6-12(7-5-11)20-9-8-18/h1-7,19H,9-10H2. The Hall–Kier alpha value is -2.61. The van der Waals surface area contributed by atoms with Gasteiger partial charge in [-0.1, -0.05) is 18.2 Å². The first-order valence-corrected chi connectivity index (χ1v) is 5.97. The third-order valence-corrected chi connectivity index (χ3v) is 2.66. The maximum Gasteiger partial charge on any atom is 0.174 e. The third kappa shape index (κ3) is 3.45. The predicted octanol–water partition coefficient (Wildman–Crippen LogP) is 3.48. The van der Waals surface area contributed by atoms with E-state index in [1.54, 1.807) is 24.3 Å². The SMILES string of the molecule is N#CCOc1ccc(CNc2c(F)cccc2F)cc1. The minimum absolute atomic E-state index is 0.0158. The van der Waals surface area contributed by atoms with Gasteiger partial charge in [-0.3, -0.25) is 0 Å². The molecule has 0 aliphatic carbocycles. The van der Waals surface area contributed by atoms with Crippen LogP contribution in [-0.4, -0.2) is 6.61 Å². The number of benzene rings is 2. The maximum absolute atomic E-state index is 13.4. The molecule has 0 bridgehead atoms. The van der Waals surface area contributed by atoms with Gasteiger partial charge in [0, 0.05) is 6.54 Å². The molecule has 0 fully saturated rings. The van der Waals surface area contributed by atoms with Crippen molar-refractivity contribution in [2.75, 3.05) is 11.9 Å². The number of ether oxygens (including phenoxy) is 1. The number of rotatable bonds is 5. The van der Waals surface area contributed by atoms with Gasteiger partial charge in [-0.05, 0) is 29.8 Å². The Bertz CT molecular complexity index is 601. The van der Waals surface area contributed by atoms with Gasteiger partial charge >= 0.3 is 0 Å². The minimum atomic E-state index is -0.626. The molecule has 0 aliphatic heterocycles. The number of halogens is 2. The summed E-state index contributed by atoms with van der Waals surface area (Å²) >= 11 is 0. The lowest BCUT2D eigenvalue weighted by Gasteiger charge is -2.09. The summed E-state index contributed by atoms with van der Waals surface area (Å²) in [7, 11) is 0. The van der Waals surface area contributed by atoms with E-state index in [1.807, 2.05) is 6.07 Å². The molecule has 0 saturated carbocycles. The zero-order chi connectivity index (χ0) is 14.4. The van der Waals surface area contributed by atoms with Gasteiger partial charge < -0.3 is 10.1 Å². The van der Waals surface area contributed by atoms with Crippen LogP contribution >= 0.6 is 0 Å². The lowest BCUT2D eigenvalue weighted by Crippen LogP contribution is -2.03. The van der Waals surface area contributed by atoms with Crippen LogP contribution in [0.25, 0.3) is 0 Å². The highest BCUT2D eigenvalue weighted by molar-refractivity contribution is 5.46. The number of para-hydroxylation sites is 1. The Labute approximate surface area is 115 Å². The van der Waals surface area contributed by atoms with Crippen LogP contribution in [0.15, 0.2) is 42.5 Å². The van der Waals surface area contributed by atoms with Gasteiger partial charge in [0.1, 0.15) is 29.1 Å². The monoisotopic (exact) mass is 274 g/mol. The second kappa shape index (κ2) is 6.53. The molecule has 0 atom stereocenters. The van der Waals surface area contributed by atoms with Crippen LogP contribution in [0.4, 0.5) is 14.5 Å². The van der Waals surface area contributed by atoms with Gasteiger partial charge in [0.05, 0.1) is 0 Å². The average molecular weight is 274 g/mol. The lowest BCUT2D eigenvalue weighted by atomic mass is 10.2. The maximum atomic E-state index is 13.4. The van der Waals surface area contributed by atoms with Gasteiger partial charge in [-0.2, -0.15) is 5.26 Å². The van der Waals surface area contributed by atoms with Crippen molar-refractivity contribution in [3.8, 4) is 11.8 Å². The van der Waals surface area contributed by atoms with E-state index in [0.29, 0.717) is 5.75 Å². The van der Waals surface area contributed by atoms with E-state index >= 15 is 0 Å². The highest BCUT2D eigenvalue weighted by atomic mass is 19.1. The lowest BCUT2D eigenvalue weighted by molar-refractivity contribution is 0.368. The summed E-state index contributed by atoms with van der Waals surface area (Å²) in [6, 6.07) is 12.5. The first-order chi connectivity index (χ1) is 9.70. The number of hydrogen-bond acceptors (Lipinski definition) is 3. The molecular formula is C15H12F2N2O. The largest absolute Gasteiger partial charge is 0.479 e. The Kier molecular flexibility index (Phi) is 4.51. The minimum Gasteiger partial charge on any atom is -0.479 e. The van der Waals surface area contributed by atoms with E-state index in [-0.39, 0.29) is 18.8 Å². The number of nitrogens with one attached hydrogen (secondary N) is 1. The van der Waals surface area contributed by atoms with Crippen molar-refractivity contribution >= 4 is 5.69 Å². The Morgan fingerprint density at radius 1 is 1.05 bits per heavy atom. The second-order valence-electron chi connectivity index (χ2n) is 4.04. The molecular weight excluding hydrogens is 262 g/mol. The van der Waals surface area contributed by atoms with Crippen LogP contribution < -0.4 is 10.1 Å². The zero-order valence-corrected chi connectivity index (χ0v) is 10.6. The summed E-state index contributed by atoms with van der Waals surface area (Å²) in [6.07, 6.45) is 0. The summed E-state index contributed by atoms with van der Waals surface area (Å²) < 4.78 is 31.9. The second-order valence-corrected chi connectivity index (χ2v) is 4.04. The van der Waals surface area contributed by atoms with Crippen molar-refractivity contribution in [2.45, 2.75) is 6.54 Å². The summed E-state index contributed by atoms with van der Waals surface area (Å²) in [5.41, 5.74) is 0.703. The fourth-order valence-corrected chi connectivity index (χ4v) is 1.68. The number of hydrogen-bond donors (Lipinski definition) is 1. The molecule has 2 aromatic carbocycles. The first-order valence-electron chi connectivity index (χ1n) is 5.97. The Morgan fingerprint density at radius 3 is 2.30 bits per heavy atom. The van der Waals surface area contributed by atoms with Crippen LogP contribution in [0.1, 0.15) is 5.56 Å². The third-order valence-electron chi connectivity index (χ3n) is 2.66. The highest BCUT2D eigenvalue weighted by Crippen LogP contribution is 2.19. The van der Waals surface area contributed by atoms with E-state index in [9.17, 15) is 8.78 Å². The Morgan fingerprint density at radius 2 is 1.70 bits per heavy atom. The molecule has 20 heavy (non-hydrogen) atoms. The molecule has 0 heterocycles. The van der Waals surface area contributed by atoms with Crippen molar-refractivity contribution in [1.82, 2.24) is 0 Å².